The predicted octanol–water partition coefficient (Wildman–Crippen LogP) is 1.57. The average Bonchev–Trinajstić information content (AvgIpc) is 2.66. The van der Waals surface area contributed by atoms with Gasteiger partial charge in [0.2, 0.25) is 5.79 Å². The zero-order valence-corrected chi connectivity index (χ0v) is 11.3. The lowest BCUT2D eigenvalue weighted by atomic mass is 10.0. The lowest BCUT2D eigenvalue weighted by molar-refractivity contribution is -0.323. The Hall–Kier alpha value is -0.460. The van der Waals surface area contributed by atoms with Gasteiger partial charge in [0, 0.05) is 0 Å². The van der Waals surface area contributed by atoms with Crippen LogP contribution < -0.4 is 0 Å². The smallest absolute Gasteiger partial charge is 0.220 e. The molecule has 5 nitrogen and oxygen atoms in total. The first kappa shape index (κ1) is 12.6. The van der Waals surface area contributed by atoms with Crippen molar-refractivity contribution < 1.29 is 23.7 Å². The molecule has 0 saturated carbocycles. The fourth-order valence-corrected chi connectivity index (χ4v) is 2.86. The first-order chi connectivity index (χ1) is 8.27. The highest BCUT2D eigenvalue weighted by molar-refractivity contribution is 5.12. The van der Waals surface area contributed by atoms with Gasteiger partial charge in [-0.2, -0.15) is 0 Å². The van der Waals surface area contributed by atoms with Gasteiger partial charge in [-0.3, -0.25) is 0 Å². The van der Waals surface area contributed by atoms with Gasteiger partial charge in [-0.1, -0.05) is 6.58 Å². The Balaban J connectivity index is 1.91. The van der Waals surface area contributed by atoms with Crippen LogP contribution in [0.1, 0.15) is 27.7 Å². The van der Waals surface area contributed by atoms with E-state index in [4.69, 9.17) is 23.7 Å². The Morgan fingerprint density at radius 2 is 1.78 bits per heavy atom. The van der Waals surface area contributed by atoms with Crippen molar-refractivity contribution in [2.24, 2.45) is 0 Å². The van der Waals surface area contributed by atoms with Crippen LogP contribution in [0.5, 0.6) is 0 Å². The van der Waals surface area contributed by atoms with E-state index in [9.17, 15) is 0 Å². The van der Waals surface area contributed by atoms with E-state index < -0.39 is 17.4 Å². The monoisotopic (exact) mass is 256 g/mol. The zero-order valence-electron chi connectivity index (χ0n) is 11.3. The fraction of sp³-hybridized carbons (Fsp3) is 0.846. The summed E-state index contributed by atoms with van der Waals surface area (Å²) in [5.41, 5.74) is 0. The maximum Gasteiger partial charge on any atom is 0.220 e. The van der Waals surface area contributed by atoms with Crippen LogP contribution in [0.3, 0.4) is 0 Å². The molecule has 0 aromatic rings. The minimum absolute atomic E-state index is 0.183. The molecular formula is C13H20O5. The maximum absolute atomic E-state index is 5.94. The fourth-order valence-electron chi connectivity index (χ4n) is 2.86. The Bertz CT molecular complexity index is 378. The Morgan fingerprint density at radius 1 is 1.06 bits per heavy atom. The summed E-state index contributed by atoms with van der Waals surface area (Å²) < 4.78 is 29.3. The molecule has 0 spiro atoms. The number of hydrogen-bond donors (Lipinski definition) is 0. The van der Waals surface area contributed by atoms with Crippen LogP contribution in [0.4, 0.5) is 0 Å². The third-order valence-electron chi connectivity index (χ3n) is 3.51. The van der Waals surface area contributed by atoms with E-state index in [1.54, 1.807) is 6.08 Å². The van der Waals surface area contributed by atoms with Gasteiger partial charge in [0.1, 0.15) is 18.3 Å². The molecule has 3 aliphatic rings. The molecule has 4 atom stereocenters. The summed E-state index contributed by atoms with van der Waals surface area (Å²) in [5, 5.41) is 0. The molecule has 0 aliphatic carbocycles. The third kappa shape index (κ3) is 1.73. The second kappa shape index (κ2) is 3.55. The van der Waals surface area contributed by atoms with Gasteiger partial charge in [-0.25, -0.2) is 0 Å². The SMILES string of the molecule is C=C[C@@]12O[C@H]3COC(C)(C)O[C@H]3[C@@H]1OC(C)(C)O2. The van der Waals surface area contributed by atoms with Crippen molar-refractivity contribution in [1.29, 1.82) is 0 Å². The molecule has 3 saturated heterocycles. The van der Waals surface area contributed by atoms with Gasteiger partial charge in [-0.15, -0.1) is 0 Å². The average molecular weight is 256 g/mol. The summed E-state index contributed by atoms with van der Waals surface area (Å²) in [6.45, 7) is 11.8. The largest absolute Gasteiger partial charge is 0.348 e. The van der Waals surface area contributed by atoms with Gasteiger partial charge in [0.05, 0.1) is 6.61 Å². The van der Waals surface area contributed by atoms with Gasteiger partial charge >= 0.3 is 0 Å². The molecule has 0 aromatic heterocycles. The number of hydrogen-bond acceptors (Lipinski definition) is 5. The van der Waals surface area contributed by atoms with E-state index in [1.807, 2.05) is 27.7 Å². The van der Waals surface area contributed by atoms with Crippen LogP contribution in [0, 0.1) is 0 Å². The molecule has 0 unspecified atom stereocenters. The van der Waals surface area contributed by atoms with E-state index in [2.05, 4.69) is 6.58 Å². The first-order valence-electron chi connectivity index (χ1n) is 6.28. The van der Waals surface area contributed by atoms with Crippen LogP contribution in [-0.2, 0) is 23.7 Å². The van der Waals surface area contributed by atoms with E-state index in [0.29, 0.717) is 6.61 Å². The van der Waals surface area contributed by atoms with Gasteiger partial charge < -0.3 is 23.7 Å². The molecule has 0 radical (unpaired) electrons. The summed E-state index contributed by atoms with van der Waals surface area (Å²) in [5.74, 6) is -2.25. The van der Waals surface area contributed by atoms with Crippen molar-refractivity contribution >= 4 is 0 Å². The molecule has 3 fully saturated rings. The van der Waals surface area contributed by atoms with Crippen molar-refractivity contribution in [3.63, 3.8) is 0 Å². The van der Waals surface area contributed by atoms with Crippen LogP contribution >= 0.6 is 0 Å². The Kier molecular flexibility index (Phi) is 2.48. The highest BCUT2D eigenvalue weighted by atomic mass is 16.9. The van der Waals surface area contributed by atoms with Crippen LogP contribution in [0.25, 0.3) is 0 Å². The second-order valence-electron chi connectivity index (χ2n) is 5.92. The quantitative estimate of drug-likeness (QED) is 0.666. The van der Waals surface area contributed by atoms with Crippen LogP contribution in [0.15, 0.2) is 12.7 Å². The van der Waals surface area contributed by atoms with E-state index in [-0.39, 0.29) is 18.3 Å². The molecule has 18 heavy (non-hydrogen) atoms. The molecule has 102 valence electrons. The highest BCUT2D eigenvalue weighted by Crippen LogP contribution is 2.49. The van der Waals surface area contributed by atoms with Crippen LogP contribution in [-0.4, -0.2) is 42.3 Å². The molecule has 3 rings (SSSR count). The summed E-state index contributed by atoms with van der Waals surface area (Å²) >= 11 is 0. The predicted molar refractivity (Wildman–Crippen MR) is 62.7 cm³/mol. The molecule has 0 bridgehead atoms. The zero-order chi connectivity index (χ0) is 13.2. The minimum atomic E-state index is -0.928. The molecule has 5 heteroatoms. The summed E-state index contributed by atoms with van der Waals surface area (Å²) in [6, 6.07) is 0. The summed E-state index contributed by atoms with van der Waals surface area (Å²) in [4.78, 5) is 0. The van der Waals surface area contributed by atoms with Crippen molar-refractivity contribution in [3.05, 3.63) is 12.7 Å². The topological polar surface area (TPSA) is 46.2 Å². The maximum atomic E-state index is 5.94. The lowest BCUT2D eigenvalue weighted by Gasteiger charge is -2.38. The van der Waals surface area contributed by atoms with Gasteiger partial charge in [-0.05, 0) is 33.8 Å². The van der Waals surface area contributed by atoms with Gasteiger partial charge in [0.15, 0.2) is 11.6 Å². The Morgan fingerprint density at radius 3 is 2.44 bits per heavy atom. The molecule has 3 aliphatic heterocycles. The van der Waals surface area contributed by atoms with Crippen molar-refractivity contribution in [2.75, 3.05) is 6.61 Å². The normalized spacial score (nSPS) is 48.6. The van der Waals surface area contributed by atoms with Crippen molar-refractivity contribution in [2.45, 2.75) is 63.4 Å². The second-order valence-corrected chi connectivity index (χ2v) is 5.92. The standard InChI is InChI=1S/C13H20O5/c1-6-13-10(17-12(4,5)18-13)9-8(15-13)7-14-11(2,3)16-9/h6,8-10H,1,7H2,2-5H3/t8-,9+,10-,13-/m0/s1. The third-order valence-corrected chi connectivity index (χ3v) is 3.51. The molecule has 0 aromatic carbocycles. The number of ether oxygens (including phenoxy) is 5. The van der Waals surface area contributed by atoms with E-state index in [1.165, 1.54) is 0 Å². The van der Waals surface area contributed by atoms with E-state index >= 15 is 0 Å². The van der Waals surface area contributed by atoms with Crippen molar-refractivity contribution in [1.82, 2.24) is 0 Å². The number of rotatable bonds is 1. The van der Waals surface area contributed by atoms with Crippen molar-refractivity contribution in [3.8, 4) is 0 Å². The van der Waals surface area contributed by atoms with Crippen LogP contribution in [0.2, 0.25) is 0 Å². The molecule has 0 amide bonds. The summed E-state index contributed by atoms with van der Waals surface area (Å²) in [6.07, 6.45) is 0.963. The lowest BCUT2D eigenvalue weighted by Crippen LogP contribution is -2.51. The summed E-state index contributed by atoms with van der Waals surface area (Å²) in [7, 11) is 0. The highest BCUT2D eigenvalue weighted by Gasteiger charge is 2.66. The number of fused-ring (bicyclic) bond motifs is 3. The first-order valence-corrected chi connectivity index (χ1v) is 6.28. The molecule has 3 heterocycles. The van der Waals surface area contributed by atoms with Gasteiger partial charge in [0.25, 0.3) is 0 Å². The minimum Gasteiger partial charge on any atom is -0.348 e. The Labute approximate surface area is 107 Å². The molecule has 0 N–H and O–H groups in total. The molecular weight excluding hydrogens is 236 g/mol. The van der Waals surface area contributed by atoms with E-state index in [0.717, 1.165) is 0 Å².